The lowest BCUT2D eigenvalue weighted by Gasteiger charge is -1.90. The van der Waals surface area contributed by atoms with E-state index in [1.54, 1.807) is 0 Å². The lowest BCUT2D eigenvalue weighted by molar-refractivity contribution is 1.87. The molecule has 0 saturated carbocycles. The van der Waals surface area contributed by atoms with E-state index in [0.29, 0.717) is 0 Å². The molecule has 4 rings (SSSR count). The average Bonchev–Trinajstić information content (AvgIpc) is 2.85. The highest BCUT2D eigenvalue weighted by atomic mass is 35.5. The van der Waals surface area contributed by atoms with Crippen molar-refractivity contribution in [3.8, 4) is 0 Å². The molecule has 0 unspecified atom stereocenters. The highest BCUT2D eigenvalue weighted by Crippen LogP contribution is 2.44. The lowest BCUT2D eigenvalue weighted by Crippen LogP contribution is -1.62. The van der Waals surface area contributed by atoms with E-state index in [2.05, 4.69) is 36.4 Å². The standard InChI is InChI=1S/C14H7ClS2/c15-8-5-6-12-10(7-8)14-13(17-12)9-3-1-2-4-11(9)16-14/h1-7H. The summed E-state index contributed by atoms with van der Waals surface area (Å²) in [5, 5.41) is 3.47. The summed E-state index contributed by atoms with van der Waals surface area (Å²) in [6.07, 6.45) is 0. The van der Waals surface area contributed by atoms with Crippen LogP contribution in [0.4, 0.5) is 0 Å². The van der Waals surface area contributed by atoms with E-state index in [9.17, 15) is 0 Å². The monoisotopic (exact) mass is 274 g/mol. The zero-order chi connectivity index (χ0) is 11.4. The van der Waals surface area contributed by atoms with Crippen LogP contribution < -0.4 is 0 Å². The first-order valence-corrected chi connectivity index (χ1v) is 7.33. The third-order valence-electron chi connectivity index (χ3n) is 2.95. The van der Waals surface area contributed by atoms with Gasteiger partial charge in [-0.05, 0) is 24.3 Å². The summed E-state index contributed by atoms with van der Waals surface area (Å²) in [7, 11) is 0. The van der Waals surface area contributed by atoms with Gasteiger partial charge < -0.3 is 0 Å². The molecule has 17 heavy (non-hydrogen) atoms. The maximum atomic E-state index is 6.08. The molecular weight excluding hydrogens is 268 g/mol. The van der Waals surface area contributed by atoms with E-state index in [1.807, 2.05) is 28.7 Å². The molecule has 0 amide bonds. The molecule has 0 spiro atoms. The minimum atomic E-state index is 0.814. The maximum Gasteiger partial charge on any atom is 0.0542 e. The van der Waals surface area contributed by atoms with Gasteiger partial charge in [0.2, 0.25) is 0 Å². The molecule has 0 atom stereocenters. The SMILES string of the molecule is Clc1ccc2sc3c4ccccc4sc3c2c1. The second kappa shape index (κ2) is 3.45. The predicted molar refractivity (Wildman–Crippen MR) is 79.7 cm³/mol. The zero-order valence-corrected chi connectivity index (χ0v) is 11.1. The van der Waals surface area contributed by atoms with Crippen LogP contribution in [0.3, 0.4) is 0 Å². The van der Waals surface area contributed by atoms with Gasteiger partial charge in [0.05, 0.1) is 9.40 Å². The number of hydrogen-bond donors (Lipinski definition) is 0. The van der Waals surface area contributed by atoms with Crippen molar-refractivity contribution in [3.63, 3.8) is 0 Å². The van der Waals surface area contributed by atoms with E-state index in [1.165, 1.54) is 29.6 Å². The molecule has 0 bridgehead atoms. The van der Waals surface area contributed by atoms with E-state index < -0.39 is 0 Å². The van der Waals surface area contributed by atoms with E-state index in [4.69, 9.17) is 11.6 Å². The normalized spacial score (nSPS) is 11.8. The summed E-state index contributed by atoms with van der Waals surface area (Å²) in [5.74, 6) is 0. The van der Waals surface area contributed by atoms with Crippen molar-refractivity contribution >= 4 is 63.8 Å². The molecule has 82 valence electrons. The summed E-state index contributed by atoms with van der Waals surface area (Å²) >= 11 is 9.80. The molecule has 0 nitrogen and oxygen atoms in total. The van der Waals surface area contributed by atoms with Gasteiger partial charge in [-0.15, -0.1) is 22.7 Å². The van der Waals surface area contributed by atoms with Crippen LogP contribution in [-0.4, -0.2) is 0 Å². The van der Waals surface area contributed by atoms with Gasteiger partial charge in [0.1, 0.15) is 0 Å². The van der Waals surface area contributed by atoms with Crippen LogP contribution in [0.15, 0.2) is 42.5 Å². The molecule has 0 aliphatic carbocycles. The largest absolute Gasteiger partial charge is 0.134 e. The Labute approximate surface area is 111 Å². The van der Waals surface area contributed by atoms with Gasteiger partial charge in [-0.3, -0.25) is 0 Å². The van der Waals surface area contributed by atoms with Crippen LogP contribution in [-0.2, 0) is 0 Å². The Bertz CT molecular complexity index is 854. The third-order valence-corrected chi connectivity index (χ3v) is 5.72. The minimum absolute atomic E-state index is 0.814. The Morgan fingerprint density at radius 3 is 2.35 bits per heavy atom. The molecule has 0 radical (unpaired) electrons. The molecule has 2 aromatic carbocycles. The van der Waals surface area contributed by atoms with Crippen LogP contribution in [0, 0.1) is 0 Å². The lowest BCUT2D eigenvalue weighted by atomic mass is 10.2. The average molecular weight is 275 g/mol. The fourth-order valence-electron chi connectivity index (χ4n) is 2.18. The van der Waals surface area contributed by atoms with Crippen LogP contribution in [0.1, 0.15) is 0 Å². The topological polar surface area (TPSA) is 0 Å². The molecule has 2 heterocycles. The summed E-state index contributed by atoms with van der Waals surface area (Å²) in [5.41, 5.74) is 0. The first-order valence-electron chi connectivity index (χ1n) is 5.32. The van der Waals surface area contributed by atoms with Gasteiger partial charge in [-0.2, -0.15) is 0 Å². The Balaban J connectivity index is 2.30. The van der Waals surface area contributed by atoms with Crippen molar-refractivity contribution in [3.05, 3.63) is 47.5 Å². The number of benzene rings is 2. The molecule has 0 aliphatic rings. The fourth-order valence-corrected chi connectivity index (χ4v) is 4.98. The molecule has 0 N–H and O–H groups in total. The fraction of sp³-hybridized carbons (Fsp3) is 0. The van der Waals surface area contributed by atoms with E-state index in [-0.39, 0.29) is 0 Å². The Kier molecular flexibility index (Phi) is 2.01. The molecule has 0 saturated heterocycles. The summed E-state index contributed by atoms with van der Waals surface area (Å²) < 4.78 is 5.44. The Morgan fingerprint density at radius 2 is 1.47 bits per heavy atom. The number of hydrogen-bond acceptors (Lipinski definition) is 2. The molecule has 4 aromatic rings. The van der Waals surface area contributed by atoms with Crippen molar-refractivity contribution in [2.24, 2.45) is 0 Å². The number of thiophene rings is 2. The van der Waals surface area contributed by atoms with Crippen molar-refractivity contribution in [1.29, 1.82) is 0 Å². The van der Waals surface area contributed by atoms with Gasteiger partial charge in [0.15, 0.2) is 0 Å². The van der Waals surface area contributed by atoms with Crippen molar-refractivity contribution < 1.29 is 0 Å². The van der Waals surface area contributed by atoms with Gasteiger partial charge in [0, 0.05) is 25.2 Å². The van der Waals surface area contributed by atoms with Crippen LogP contribution in [0.2, 0.25) is 5.02 Å². The molecular formula is C14H7ClS2. The van der Waals surface area contributed by atoms with Crippen LogP contribution in [0.25, 0.3) is 29.6 Å². The highest BCUT2D eigenvalue weighted by Gasteiger charge is 2.11. The van der Waals surface area contributed by atoms with Crippen LogP contribution in [0.5, 0.6) is 0 Å². The minimum Gasteiger partial charge on any atom is -0.134 e. The first-order chi connectivity index (χ1) is 8.33. The smallest absolute Gasteiger partial charge is 0.0542 e. The van der Waals surface area contributed by atoms with Gasteiger partial charge >= 0.3 is 0 Å². The molecule has 2 aromatic heterocycles. The predicted octanol–water partition coefficient (Wildman–Crippen LogP) is 5.92. The maximum absolute atomic E-state index is 6.08. The van der Waals surface area contributed by atoms with Crippen LogP contribution >= 0.6 is 34.3 Å². The number of fused-ring (bicyclic) bond motifs is 5. The quantitative estimate of drug-likeness (QED) is 0.373. The van der Waals surface area contributed by atoms with Crippen molar-refractivity contribution in [2.45, 2.75) is 0 Å². The van der Waals surface area contributed by atoms with Gasteiger partial charge in [-0.25, -0.2) is 0 Å². The van der Waals surface area contributed by atoms with Gasteiger partial charge in [-0.1, -0.05) is 29.8 Å². The molecule has 0 fully saturated rings. The second-order valence-corrected chi connectivity index (χ2v) is 6.54. The molecule has 3 heteroatoms. The highest BCUT2D eigenvalue weighted by molar-refractivity contribution is 7.36. The number of halogens is 1. The summed E-state index contributed by atoms with van der Waals surface area (Å²) in [6, 6.07) is 14.7. The second-order valence-electron chi connectivity index (χ2n) is 4.00. The molecule has 0 aliphatic heterocycles. The van der Waals surface area contributed by atoms with Crippen molar-refractivity contribution in [2.75, 3.05) is 0 Å². The Morgan fingerprint density at radius 1 is 0.765 bits per heavy atom. The summed E-state index contributed by atoms with van der Waals surface area (Å²) in [4.78, 5) is 0. The van der Waals surface area contributed by atoms with Gasteiger partial charge in [0.25, 0.3) is 0 Å². The zero-order valence-electron chi connectivity index (χ0n) is 8.74. The van der Waals surface area contributed by atoms with E-state index in [0.717, 1.165) is 5.02 Å². The summed E-state index contributed by atoms with van der Waals surface area (Å²) in [6.45, 7) is 0. The Hall–Kier alpha value is -1.09. The number of rotatable bonds is 0. The first kappa shape index (κ1) is 9.89. The third kappa shape index (κ3) is 1.35. The van der Waals surface area contributed by atoms with E-state index >= 15 is 0 Å². The van der Waals surface area contributed by atoms with Crippen molar-refractivity contribution in [1.82, 2.24) is 0 Å².